The zero-order valence-corrected chi connectivity index (χ0v) is 48.8. The molecular formula is C64H74F3N9O6S. The molecule has 11 rings (SSSR count). The smallest absolute Gasteiger partial charge is 0.367 e. The van der Waals surface area contributed by atoms with Crippen molar-refractivity contribution in [2.45, 2.75) is 151 Å². The van der Waals surface area contributed by atoms with E-state index in [2.05, 4.69) is 83.0 Å². The largest absolute Gasteiger partial charge is 0.416 e. The Balaban J connectivity index is 0.641. The van der Waals surface area contributed by atoms with Crippen LogP contribution in [0.3, 0.4) is 0 Å². The summed E-state index contributed by atoms with van der Waals surface area (Å²) in [4.78, 5) is 56.6. The normalized spacial score (nSPS) is 22.5. The number of halogens is 3. The number of aryl methyl sites for hydroxylation is 1. The van der Waals surface area contributed by atoms with E-state index in [9.17, 15) is 40.5 Å². The van der Waals surface area contributed by atoms with Crippen molar-refractivity contribution in [1.29, 1.82) is 0 Å². The number of aromatic nitrogens is 1. The van der Waals surface area contributed by atoms with Crippen LogP contribution in [0.15, 0.2) is 119 Å². The fourth-order valence-corrected chi connectivity index (χ4v) is 14.7. The second-order valence-electron chi connectivity index (χ2n) is 24.8. The first-order valence-electron chi connectivity index (χ1n) is 29.1. The Kier molecular flexibility index (Phi) is 15.4. The van der Waals surface area contributed by atoms with Gasteiger partial charge in [0.2, 0.25) is 11.8 Å². The van der Waals surface area contributed by atoms with Crippen LogP contribution < -0.4 is 36.0 Å². The number of piperidine rings is 2. The van der Waals surface area contributed by atoms with Gasteiger partial charge in [0, 0.05) is 103 Å². The molecule has 2 bridgehead atoms. The Morgan fingerprint density at radius 1 is 0.855 bits per heavy atom. The first-order valence-corrected chi connectivity index (χ1v) is 30.5. The highest BCUT2D eigenvalue weighted by Crippen LogP contribution is 2.53. The zero-order valence-electron chi connectivity index (χ0n) is 48.0. The summed E-state index contributed by atoms with van der Waals surface area (Å²) in [6, 6.07) is 27.2. The van der Waals surface area contributed by atoms with Gasteiger partial charge in [0.25, 0.3) is 10.1 Å². The quantitative estimate of drug-likeness (QED) is 0.0498. The van der Waals surface area contributed by atoms with Crippen molar-refractivity contribution in [2.75, 3.05) is 52.7 Å². The molecule has 15 nitrogen and oxygen atoms in total. The molecule has 6 aliphatic heterocycles. The van der Waals surface area contributed by atoms with Gasteiger partial charge in [-0.2, -0.15) is 21.6 Å². The van der Waals surface area contributed by atoms with Crippen LogP contribution >= 0.6 is 0 Å². The molecule has 2 fully saturated rings. The molecular weight excluding hydrogens is 1080 g/mol. The van der Waals surface area contributed by atoms with E-state index in [1.165, 1.54) is 23.4 Å². The molecule has 0 spiro atoms. The van der Waals surface area contributed by atoms with Crippen LogP contribution in [-0.4, -0.2) is 97.9 Å². The van der Waals surface area contributed by atoms with Gasteiger partial charge in [0.15, 0.2) is 5.82 Å². The predicted octanol–water partition coefficient (Wildman–Crippen LogP) is 10.8. The van der Waals surface area contributed by atoms with Gasteiger partial charge in [-0.1, -0.05) is 82.7 Å². The predicted molar refractivity (Wildman–Crippen MR) is 318 cm³/mol. The van der Waals surface area contributed by atoms with Crippen molar-refractivity contribution in [3.8, 4) is 11.3 Å². The maximum Gasteiger partial charge on any atom is 0.416 e. The fourth-order valence-electron chi connectivity index (χ4n) is 14.2. The van der Waals surface area contributed by atoms with Crippen molar-refractivity contribution >= 4 is 56.6 Å². The Labute approximate surface area is 484 Å². The Morgan fingerprint density at radius 3 is 2.40 bits per heavy atom. The highest BCUT2D eigenvalue weighted by Gasteiger charge is 2.54. The van der Waals surface area contributed by atoms with Gasteiger partial charge in [0.05, 0.1) is 33.8 Å². The van der Waals surface area contributed by atoms with E-state index in [4.69, 9.17) is 9.98 Å². The SMILES string of the molecule is Cc1ccc(S(=O)(=O)O)cc1C(C)(C)C1=NCCC2NC3CCN4c5ccc(CC(=O)NCCCCCC(=O)NCc6ccc(NC(=O)N7c8nc(-c9cccc(C(F)(F)F)c9)ccc8N8CCCC7(C)C8)cc6)cc5C(C)(C)C4C3C=C12. The molecule has 5 atom stereocenters. The van der Waals surface area contributed by atoms with Gasteiger partial charge in [0.1, 0.15) is 0 Å². The van der Waals surface area contributed by atoms with Crippen molar-refractivity contribution in [2.24, 2.45) is 10.9 Å². The average Bonchev–Trinajstić information content (AvgIpc) is 2.51. The maximum absolute atomic E-state index is 14.2. The molecule has 0 saturated carbocycles. The molecule has 4 aromatic carbocycles. The molecule has 5 aromatic rings. The highest BCUT2D eigenvalue weighted by molar-refractivity contribution is 7.85. The van der Waals surface area contributed by atoms with Crippen LogP contribution in [-0.2, 0) is 49.7 Å². The summed E-state index contributed by atoms with van der Waals surface area (Å²) in [5.41, 5.74) is 7.78. The van der Waals surface area contributed by atoms with Crippen molar-refractivity contribution < 1.29 is 40.5 Å². The summed E-state index contributed by atoms with van der Waals surface area (Å²) in [5.74, 6) is 0.434. The third kappa shape index (κ3) is 11.4. The third-order valence-corrected chi connectivity index (χ3v) is 19.2. The lowest BCUT2D eigenvalue weighted by Gasteiger charge is -2.52. The number of hydrogen-bond acceptors (Lipinski definition) is 10. The van der Waals surface area contributed by atoms with Gasteiger partial charge in [-0.25, -0.2) is 9.78 Å². The van der Waals surface area contributed by atoms with Crippen LogP contribution in [0.4, 0.5) is 40.8 Å². The van der Waals surface area contributed by atoms with Gasteiger partial charge in [-0.15, -0.1) is 0 Å². The lowest BCUT2D eigenvalue weighted by Crippen LogP contribution is -2.63. The molecule has 0 radical (unpaired) electrons. The number of alkyl halides is 3. The molecule has 83 heavy (non-hydrogen) atoms. The lowest BCUT2D eigenvalue weighted by atomic mass is 9.66. The Morgan fingerprint density at radius 2 is 1.63 bits per heavy atom. The number of pyridine rings is 1. The minimum Gasteiger partial charge on any atom is -0.367 e. The van der Waals surface area contributed by atoms with Crippen molar-refractivity contribution in [1.82, 2.24) is 20.9 Å². The summed E-state index contributed by atoms with van der Waals surface area (Å²) in [7, 11) is -4.39. The Bertz CT molecular complexity index is 3550. The van der Waals surface area contributed by atoms with Gasteiger partial charge < -0.3 is 31.1 Å². The molecule has 0 aliphatic carbocycles. The topological polar surface area (TPSA) is 189 Å². The number of urea groups is 1. The molecule has 5 unspecified atom stereocenters. The minimum absolute atomic E-state index is 0.0482. The monoisotopic (exact) mass is 1150 g/mol. The standard InChI is InChI=1S/C64H74F3N9O6S/c1-39-15-21-45(83(80,81)82)35-48(39)61(2,3)57-46-36-47-52(72-51(46)25-29-69-57)26-31-75-53-23-18-41(32-49(53)62(4,5)58(47)75)33-56(78)68-28-9-7-8-14-55(77)70-37-40-16-19-44(20-17-40)71-60(79)76-59-54(74-30-11-27-63(76,6)38-74)24-22-50(73-59)42-12-10-13-43(34-42)64(65,66)67/h10,12-13,15-24,32,34-36,47,51-52,58,72H,7-9,11,14,25-31,33,37-38H2,1-6H3,(H,68,78)(H,70,77)(H,71,79)(H,80,81,82). The molecule has 19 heteroatoms. The summed E-state index contributed by atoms with van der Waals surface area (Å²) < 4.78 is 75.2. The second-order valence-corrected chi connectivity index (χ2v) is 26.3. The summed E-state index contributed by atoms with van der Waals surface area (Å²) in [6.45, 7) is 16.5. The molecule has 4 amide bonds. The number of anilines is 4. The molecule has 438 valence electrons. The number of rotatable bonds is 15. The van der Waals surface area contributed by atoms with E-state index in [0.29, 0.717) is 61.8 Å². The first kappa shape index (κ1) is 57.7. The fraction of sp³-hybridized carbons (Fsp3) is 0.453. The minimum atomic E-state index is -4.51. The molecule has 7 heterocycles. The van der Waals surface area contributed by atoms with Crippen LogP contribution in [0.5, 0.6) is 0 Å². The zero-order chi connectivity index (χ0) is 58.8. The Hall–Kier alpha value is -7.09. The van der Waals surface area contributed by atoms with Gasteiger partial charge in [-0.3, -0.25) is 24.0 Å². The summed E-state index contributed by atoms with van der Waals surface area (Å²) in [6.07, 6.45) is 4.18. The number of carbonyl (C=O) groups excluding carboxylic acids is 3. The molecule has 5 N–H and O–H groups in total. The van der Waals surface area contributed by atoms with Gasteiger partial charge >= 0.3 is 12.2 Å². The van der Waals surface area contributed by atoms with E-state index < -0.39 is 38.8 Å². The number of amides is 4. The molecule has 2 saturated heterocycles. The number of unbranched alkanes of at least 4 members (excludes halogenated alkanes) is 2. The van der Waals surface area contributed by atoms with E-state index in [1.807, 2.05) is 32.0 Å². The number of nitrogens with one attached hydrogen (secondary N) is 4. The van der Waals surface area contributed by atoms with Crippen LogP contribution in [0.1, 0.15) is 119 Å². The molecule has 1 aromatic heterocycles. The van der Waals surface area contributed by atoms with Crippen LogP contribution in [0.2, 0.25) is 0 Å². The van der Waals surface area contributed by atoms with E-state index in [-0.39, 0.29) is 52.6 Å². The number of fused-ring (bicyclic) bond motifs is 10. The lowest BCUT2D eigenvalue weighted by molar-refractivity contribution is -0.137. The number of benzene rings is 4. The average molecular weight is 1150 g/mol. The first-order chi connectivity index (χ1) is 39.4. The van der Waals surface area contributed by atoms with Crippen molar-refractivity contribution in [3.63, 3.8) is 0 Å². The third-order valence-electron chi connectivity index (χ3n) is 18.3. The number of carbonyl (C=O) groups is 3. The number of aliphatic imine (C=N–C) groups is 1. The van der Waals surface area contributed by atoms with Crippen LogP contribution in [0.25, 0.3) is 11.3 Å². The van der Waals surface area contributed by atoms with Crippen LogP contribution in [0, 0.1) is 12.8 Å². The second kappa shape index (κ2) is 22.2. The van der Waals surface area contributed by atoms with E-state index in [1.54, 1.807) is 41.3 Å². The highest BCUT2D eigenvalue weighted by atomic mass is 32.2. The number of nitrogens with zero attached hydrogens (tertiary/aromatic N) is 5. The summed E-state index contributed by atoms with van der Waals surface area (Å²) >= 11 is 0. The van der Waals surface area contributed by atoms with Crippen molar-refractivity contribution in [3.05, 3.63) is 142 Å². The number of hydrogen-bond donors (Lipinski definition) is 5. The van der Waals surface area contributed by atoms with E-state index in [0.717, 1.165) is 103 Å². The van der Waals surface area contributed by atoms with E-state index >= 15 is 0 Å². The molecule has 6 aliphatic rings. The summed E-state index contributed by atoms with van der Waals surface area (Å²) in [5, 5.41) is 13.1. The maximum atomic E-state index is 14.2. The van der Waals surface area contributed by atoms with Gasteiger partial charge in [-0.05, 0) is 140 Å².